The molecular weight excluding hydrogens is 374 g/mol. The number of benzene rings is 1. The minimum Gasteiger partial charge on any atom is -0.502 e. The van der Waals surface area contributed by atoms with Crippen molar-refractivity contribution in [2.45, 2.75) is 38.1 Å². The molecule has 0 spiro atoms. The average Bonchev–Trinajstić information content (AvgIpc) is 2.75. The fraction of sp³-hybridized carbons (Fsp3) is 0.455. The van der Waals surface area contributed by atoms with Crippen molar-refractivity contribution in [2.24, 2.45) is 0 Å². The van der Waals surface area contributed by atoms with Gasteiger partial charge in [-0.1, -0.05) is 24.6 Å². The summed E-state index contributed by atoms with van der Waals surface area (Å²) in [6.07, 6.45) is 3.33. The molecule has 1 saturated heterocycles. The van der Waals surface area contributed by atoms with Crippen LogP contribution in [0.3, 0.4) is 0 Å². The van der Waals surface area contributed by atoms with Crippen molar-refractivity contribution >= 4 is 5.97 Å². The van der Waals surface area contributed by atoms with Crippen LogP contribution in [0.2, 0.25) is 0 Å². The summed E-state index contributed by atoms with van der Waals surface area (Å²) in [7, 11) is 2.82. The normalized spacial score (nSPS) is 15.7. The quantitative estimate of drug-likeness (QED) is 0.713. The molecule has 2 heterocycles. The Morgan fingerprint density at radius 3 is 2.62 bits per heavy atom. The molecule has 1 N–H and O–H groups in total. The third-order valence-electron chi connectivity index (χ3n) is 5.26. The second kappa shape index (κ2) is 9.60. The maximum Gasteiger partial charge on any atom is 0.306 e. The monoisotopic (exact) mass is 401 g/mol. The van der Waals surface area contributed by atoms with E-state index in [0.29, 0.717) is 23.6 Å². The fourth-order valence-corrected chi connectivity index (χ4v) is 3.76. The van der Waals surface area contributed by atoms with E-state index in [2.05, 4.69) is 4.90 Å². The second-order valence-electron chi connectivity index (χ2n) is 7.20. The topological polar surface area (TPSA) is 89.2 Å². The number of rotatable bonds is 7. The van der Waals surface area contributed by atoms with E-state index in [1.807, 2.05) is 0 Å². The number of hydrogen-bond acceptors (Lipinski definition) is 7. The molecule has 7 heteroatoms. The van der Waals surface area contributed by atoms with Gasteiger partial charge in [0.25, 0.3) is 0 Å². The number of aromatic hydroxyl groups is 1. The van der Waals surface area contributed by atoms with Crippen molar-refractivity contribution < 1.29 is 23.8 Å². The standard InChI is InChI=1S/C22H27NO6/c1-27-19-9-5-4-8-16(19)17(13-20(25)28-2)22-21(26)18(24)12-15(29-22)14-23-10-6-3-7-11-23/h4-5,8-9,12,17,26H,3,6-7,10-11,13-14H2,1-2H3/t17-/m0/s1. The lowest BCUT2D eigenvalue weighted by Crippen LogP contribution is -2.29. The van der Waals surface area contributed by atoms with Crippen molar-refractivity contribution in [1.82, 2.24) is 4.90 Å². The Balaban J connectivity index is 2.03. The van der Waals surface area contributed by atoms with Gasteiger partial charge in [0.1, 0.15) is 11.5 Å². The Hall–Kier alpha value is -2.80. The van der Waals surface area contributed by atoms with Gasteiger partial charge in [0.2, 0.25) is 11.2 Å². The van der Waals surface area contributed by atoms with Crippen molar-refractivity contribution in [2.75, 3.05) is 27.3 Å². The van der Waals surface area contributed by atoms with Gasteiger partial charge >= 0.3 is 5.97 Å². The largest absolute Gasteiger partial charge is 0.502 e. The Morgan fingerprint density at radius 2 is 1.93 bits per heavy atom. The van der Waals surface area contributed by atoms with Crippen LogP contribution in [0.25, 0.3) is 0 Å². The van der Waals surface area contributed by atoms with Gasteiger partial charge in [-0.05, 0) is 32.0 Å². The number of ether oxygens (including phenoxy) is 2. The molecule has 0 radical (unpaired) electrons. The van der Waals surface area contributed by atoms with Gasteiger partial charge in [0.15, 0.2) is 5.76 Å². The summed E-state index contributed by atoms with van der Waals surface area (Å²) >= 11 is 0. The van der Waals surface area contributed by atoms with E-state index >= 15 is 0 Å². The van der Waals surface area contributed by atoms with Gasteiger partial charge in [-0.15, -0.1) is 0 Å². The van der Waals surface area contributed by atoms with E-state index in [-0.39, 0.29) is 12.2 Å². The molecule has 7 nitrogen and oxygen atoms in total. The van der Waals surface area contributed by atoms with Crippen molar-refractivity contribution in [1.29, 1.82) is 0 Å². The molecule has 0 bridgehead atoms. The van der Waals surface area contributed by atoms with E-state index < -0.39 is 23.1 Å². The lowest BCUT2D eigenvalue weighted by molar-refractivity contribution is -0.140. The lowest BCUT2D eigenvalue weighted by Gasteiger charge is -2.26. The van der Waals surface area contributed by atoms with Crippen molar-refractivity contribution in [3.05, 3.63) is 57.6 Å². The Morgan fingerprint density at radius 1 is 1.21 bits per heavy atom. The molecule has 1 fully saturated rings. The van der Waals surface area contributed by atoms with Crippen molar-refractivity contribution in [3.8, 4) is 11.5 Å². The highest BCUT2D eigenvalue weighted by Crippen LogP contribution is 2.38. The first-order chi connectivity index (χ1) is 14.0. The number of hydrogen-bond donors (Lipinski definition) is 1. The van der Waals surface area contributed by atoms with Crippen molar-refractivity contribution in [3.63, 3.8) is 0 Å². The summed E-state index contributed by atoms with van der Waals surface area (Å²) in [5, 5.41) is 10.5. The summed E-state index contributed by atoms with van der Waals surface area (Å²) in [5.74, 6) is -0.636. The van der Waals surface area contributed by atoms with Gasteiger partial charge in [0.05, 0.1) is 33.1 Å². The molecule has 1 atom stereocenters. The number of carbonyl (C=O) groups excluding carboxylic acids is 1. The Kier molecular flexibility index (Phi) is 6.93. The molecule has 1 aliphatic rings. The number of esters is 1. The first-order valence-corrected chi connectivity index (χ1v) is 9.81. The fourth-order valence-electron chi connectivity index (χ4n) is 3.76. The number of carbonyl (C=O) groups is 1. The van der Waals surface area contributed by atoms with E-state index in [9.17, 15) is 14.7 Å². The molecule has 156 valence electrons. The zero-order valence-electron chi connectivity index (χ0n) is 16.8. The molecule has 2 aromatic rings. The molecule has 1 aliphatic heterocycles. The van der Waals surface area contributed by atoms with E-state index in [1.165, 1.54) is 26.7 Å². The average molecular weight is 401 g/mol. The first-order valence-electron chi connectivity index (χ1n) is 9.81. The van der Waals surface area contributed by atoms with Gasteiger partial charge in [-0.25, -0.2) is 0 Å². The summed E-state index contributed by atoms with van der Waals surface area (Å²) in [6, 6.07) is 8.47. The van der Waals surface area contributed by atoms with Crippen LogP contribution in [0.5, 0.6) is 11.5 Å². The third kappa shape index (κ3) is 4.98. The summed E-state index contributed by atoms with van der Waals surface area (Å²) < 4.78 is 16.3. The second-order valence-corrected chi connectivity index (χ2v) is 7.20. The van der Waals surface area contributed by atoms with Gasteiger partial charge in [-0.2, -0.15) is 0 Å². The van der Waals surface area contributed by atoms with E-state index in [0.717, 1.165) is 25.9 Å². The number of piperidine rings is 1. The van der Waals surface area contributed by atoms with Crippen LogP contribution in [0.4, 0.5) is 0 Å². The Bertz CT molecular complexity index is 900. The number of nitrogens with zero attached hydrogens (tertiary/aromatic N) is 1. The number of para-hydroxylation sites is 1. The summed E-state index contributed by atoms with van der Waals surface area (Å²) in [4.78, 5) is 26.8. The van der Waals surface area contributed by atoms with Gasteiger partial charge in [0, 0.05) is 11.6 Å². The third-order valence-corrected chi connectivity index (χ3v) is 5.26. The lowest BCUT2D eigenvalue weighted by atomic mass is 9.91. The predicted octanol–water partition coefficient (Wildman–Crippen LogP) is 3.03. The highest BCUT2D eigenvalue weighted by atomic mass is 16.5. The first kappa shape index (κ1) is 20.9. The number of methoxy groups -OCH3 is 2. The molecule has 1 aromatic carbocycles. The minimum absolute atomic E-state index is 0.0550. The number of likely N-dealkylation sites (tertiary alicyclic amines) is 1. The van der Waals surface area contributed by atoms with Crippen LogP contribution in [-0.2, 0) is 16.1 Å². The summed E-state index contributed by atoms with van der Waals surface area (Å²) in [6.45, 7) is 2.37. The summed E-state index contributed by atoms with van der Waals surface area (Å²) in [5.41, 5.74) is 0.108. The molecule has 0 unspecified atom stereocenters. The highest BCUT2D eigenvalue weighted by molar-refractivity contribution is 5.71. The minimum atomic E-state index is -0.715. The molecular formula is C22H27NO6. The van der Waals surface area contributed by atoms with Crippen LogP contribution in [0, 0.1) is 0 Å². The highest BCUT2D eigenvalue weighted by Gasteiger charge is 2.29. The predicted molar refractivity (Wildman–Crippen MR) is 107 cm³/mol. The molecule has 29 heavy (non-hydrogen) atoms. The van der Waals surface area contributed by atoms with Crippen LogP contribution in [0.1, 0.15) is 48.7 Å². The van der Waals surface area contributed by atoms with Gasteiger partial charge in [-0.3, -0.25) is 14.5 Å². The van der Waals surface area contributed by atoms with E-state index in [1.54, 1.807) is 24.3 Å². The zero-order valence-corrected chi connectivity index (χ0v) is 16.8. The smallest absolute Gasteiger partial charge is 0.306 e. The van der Waals surface area contributed by atoms with E-state index in [4.69, 9.17) is 13.9 Å². The van der Waals surface area contributed by atoms with Gasteiger partial charge < -0.3 is 19.0 Å². The molecule has 1 aromatic heterocycles. The Labute approximate surface area is 169 Å². The zero-order chi connectivity index (χ0) is 20.8. The SMILES string of the molecule is COC(=O)C[C@@H](c1ccccc1OC)c1oc(CN2CCCCC2)cc(=O)c1O. The molecule has 0 amide bonds. The van der Waals surface area contributed by atoms with Crippen LogP contribution < -0.4 is 10.2 Å². The molecule has 0 saturated carbocycles. The molecule has 0 aliphatic carbocycles. The molecule has 3 rings (SSSR count). The maximum absolute atomic E-state index is 12.5. The van der Waals surface area contributed by atoms with Crippen LogP contribution >= 0.6 is 0 Å². The van der Waals surface area contributed by atoms with Crippen LogP contribution in [0.15, 0.2) is 39.5 Å². The van der Waals surface area contributed by atoms with Crippen LogP contribution in [-0.4, -0.2) is 43.3 Å². The maximum atomic E-state index is 12.5.